The van der Waals surface area contributed by atoms with Crippen LogP contribution in [0.2, 0.25) is 5.02 Å². The zero-order chi connectivity index (χ0) is 21.6. The zero-order valence-corrected chi connectivity index (χ0v) is 17.5. The molecule has 1 atom stereocenters. The third kappa shape index (κ3) is 3.53. The minimum atomic E-state index is -4.33. The number of rotatable bonds is 5. The van der Waals surface area contributed by atoms with Crippen LogP contribution in [-0.2, 0) is 33.9 Å². The van der Waals surface area contributed by atoms with Crippen molar-refractivity contribution in [2.45, 2.75) is 10.0 Å². The molecule has 0 spiro atoms. The van der Waals surface area contributed by atoms with Crippen molar-refractivity contribution in [2.75, 3.05) is 0 Å². The van der Waals surface area contributed by atoms with Gasteiger partial charge >= 0.3 is 10.1 Å². The average molecular weight is 433 g/mol. The van der Waals surface area contributed by atoms with Crippen LogP contribution < -0.4 is 5.73 Å². The molecule has 0 saturated carbocycles. The van der Waals surface area contributed by atoms with Crippen LogP contribution in [0.5, 0.6) is 0 Å². The summed E-state index contributed by atoms with van der Waals surface area (Å²) >= 11 is 5.80. The maximum absolute atomic E-state index is 13.5. The second-order valence-corrected chi connectivity index (χ2v) is 9.70. The summed E-state index contributed by atoms with van der Waals surface area (Å²) in [6.45, 7) is 0. The van der Waals surface area contributed by atoms with Crippen molar-refractivity contribution in [2.24, 2.45) is 5.73 Å². The molecule has 0 unspecified atom stereocenters. The van der Waals surface area contributed by atoms with E-state index in [-0.39, 0.29) is 10.6 Å². The average Bonchev–Trinajstić information content (AvgIpc) is 2.88. The molecule has 0 aromatic heterocycles. The Morgan fingerprint density at radius 1 is 1.17 bits per heavy atom. The smallest absolute Gasteiger partial charge is 0.304 e. The molecule has 0 aliphatic carbocycles. The first-order valence-electron chi connectivity index (χ1n) is 8.59. The molecule has 29 heavy (non-hydrogen) atoms. The molecule has 0 bridgehead atoms. The Labute approximate surface area is 175 Å². The Balaban J connectivity index is 1.95. The molecular formula is C17H16B3ClFNO5S. The van der Waals surface area contributed by atoms with Gasteiger partial charge in [0, 0.05) is 0 Å². The molecule has 2 aromatic rings. The first kappa shape index (κ1) is 21.3. The first-order valence-corrected chi connectivity index (χ1v) is 10.4. The van der Waals surface area contributed by atoms with E-state index in [1.54, 1.807) is 30.3 Å². The highest BCUT2D eigenvalue weighted by molar-refractivity contribution is 7.90. The predicted molar refractivity (Wildman–Crippen MR) is 114 cm³/mol. The van der Waals surface area contributed by atoms with Crippen molar-refractivity contribution < 1.29 is 26.5 Å². The van der Waals surface area contributed by atoms with Crippen LogP contribution in [0.1, 0.15) is 11.1 Å². The molecule has 12 heteroatoms. The molecule has 1 aliphatic heterocycles. The molecule has 2 aromatic carbocycles. The molecule has 2 N–H and O–H groups in total. The lowest BCUT2D eigenvalue weighted by atomic mass is 9.65. The summed E-state index contributed by atoms with van der Waals surface area (Å²) in [5.74, 6) is -2.60. The fraction of sp³-hybridized carbons (Fsp3) is 0.118. The van der Waals surface area contributed by atoms with Gasteiger partial charge in [-0.15, -0.1) is 0 Å². The summed E-state index contributed by atoms with van der Waals surface area (Å²) in [7, 11) is -0.0580. The minimum absolute atomic E-state index is 0.204. The third-order valence-corrected chi connectivity index (χ3v) is 7.10. The van der Waals surface area contributed by atoms with Crippen molar-refractivity contribution in [3.05, 3.63) is 82.1 Å². The Morgan fingerprint density at radius 2 is 1.79 bits per heavy atom. The number of Topliss-reactive ketones (excluding diaryl/α,β-unsaturated/α-hetero) is 1. The van der Waals surface area contributed by atoms with Gasteiger partial charge in [0.15, 0.2) is 13.3 Å². The van der Waals surface area contributed by atoms with Gasteiger partial charge in [-0.05, 0) is 23.3 Å². The van der Waals surface area contributed by atoms with E-state index in [0.717, 1.165) is 6.07 Å². The normalized spacial score (nSPS) is 19.9. The Bertz CT molecular complexity index is 1130. The van der Waals surface area contributed by atoms with E-state index in [2.05, 4.69) is 0 Å². The van der Waals surface area contributed by atoms with E-state index >= 15 is 0 Å². The molecule has 6 nitrogen and oxygen atoms in total. The molecular weight excluding hydrogens is 417 g/mol. The summed E-state index contributed by atoms with van der Waals surface area (Å²) < 4.78 is 48.5. The second kappa shape index (κ2) is 7.14. The van der Waals surface area contributed by atoms with E-state index in [1.807, 2.05) is 0 Å². The Kier molecular flexibility index (Phi) is 5.25. The summed E-state index contributed by atoms with van der Waals surface area (Å²) in [5, 5.41) is -0.217. The fourth-order valence-electron chi connectivity index (χ4n) is 2.90. The van der Waals surface area contributed by atoms with Crippen LogP contribution in [0, 0.1) is 5.82 Å². The highest BCUT2D eigenvalue weighted by atomic mass is 35.5. The molecule has 148 valence electrons. The van der Waals surface area contributed by atoms with Gasteiger partial charge in [0.2, 0.25) is 17.4 Å². The van der Waals surface area contributed by atoms with Crippen molar-refractivity contribution in [1.29, 1.82) is 0 Å². The SMILES string of the molecule is BC(B)(c1ccccc1)S(=O)(=O)OC1=C(N)O[C@@](B)(c2ccc(F)c(Cl)c2)C1=O. The van der Waals surface area contributed by atoms with Gasteiger partial charge in [0.25, 0.3) is 0 Å². The van der Waals surface area contributed by atoms with Gasteiger partial charge in [-0.25, -0.2) is 4.39 Å². The number of ketones is 1. The van der Waals surface area contributed by atoms with E-state index in [9.17, 15) is 17.6 Å². The predicted octanol–water partition coefficient (Wildman–Crippen LogP) is -0.585. The Morgan fingerprint density at radius 3 is 2.38 bits per heavy atom. The highest BCUT2D eigenvalue weighted by Gasteiger charge is 2.51. The molecule has 0 amide bonds. The number of hydrogen-bond acceptors (Lipinski definition) is 6. The van der Waals surface area contributed by atoms with Gasteiger partial charge in [-0.2, -0.15) is 8.42 Å². The number of carbonyl (C=O) groups is 1. The quantitative estimate of drug-likeness (QED) is 0.501. The second-order valence-electron chi connectivity index (χ2n) is 7.20. The summed E-state index contributed by atoms with van der Waals surface area (Å²) in [6, 6.07) is 12.0. The van der Waals surface area contributed by atoms with Crippen LogP contribution in [0.25, 0.3) is 0 Å². The van der Waals surface area contributed by atoms with Crippen molar-refractivity contribution >= 4 is 51.0 Å². The lowest BCUT2D eigenvalue weighted by Crippen LogP contribution is -2.40. The van der Waals surface area contributed by atoms with E-state index in [4.69, 9.17) is 26.3 Å². The zero-order valence-electron chi connectivity index (χ0n) is 15.9. The van der Waals surface area contributed by atoms with Gasteiger partial charge in [-0.3, -0.25) is 4.79 Å². The number of halogens is 2. The van der Waals surface area contributed by atoms with Gasteiger partial charge < -0.3 is 14.7 Å². The van der Waals surface area contributed by atoms with E-state index < -0.39 is 43.4 Å². The molecule has 1 heterocycles. The first-order chi connectivity index (χ1) is 13.4. The summed E-state index contributed by atoms with van der Waals surface area (Å²) in [5.41, 5.74) is 4.75. The van der Waals surface area contributed by atoms with Gasteiger partial charge in [-0.1, -0.05) is 48.0 Å². The van der Waals surface area contributed by atoms with Crippen LogP contribution in [-0.4, -0.2) is 37.7 Å². The lowest BCUT2D eigenvalue weighted by molar-refractivity contribution is -0.126. The van der Waals surface area contributed by atoms with E-state index in [1.165, 1.54) is 35.7 Å². The molecule has 0 saturated heterocycles. The van der Waals surface area contributed by atoms with Gasteiger partial charge in [0.1, 0.15) is 21.5 Å². The number of ether oxygens (including phenoxy) is 1. The van der Waals surface area contributed by atoms with Crippen LogP contribution in [0.3, 0.4) is 0 Å². The lowest BCUT2D eigenvalue weighted by Gasteiger charge is -2.26. The van der Waals surface area contributed by atoms with Crippen molar-refractivity contribution in [3.8, 4) is 0 Å². The standard InChI is InChI=1S/C17H16B3ClFNO5S/c18-16(10-6-7-12(22)11(21)8-10)14(24)13(15(23)27-16)28-29(25,26)17(19,20)9-4-2-1-3-5-9/h1-8H,18-20,23H2/t16-/m0/s1. The third-order valence-electron chi connectivity index (χ3n) is 4.93. The minimum Gasteiger partial charge on any atom is -0.467 e. The summed E-state index contributed by atoms with van der Waals surface area (Å²) in [4.78, 5) is 13.0. The topological polar surface area (TPSA) is 95.7 Å². The molecule has 3 rings (SSSR count). The molecule has 0 fully saturated rings. The van der Waals surface area contributed by atoms with E-state index in [0.29, 0.717) is 5.56 Å². The van der Waals surface area contributed by atoms with Gasteiger partial charge in [0.05, 0.1) is 9.57 Å². The molecule has 1 aliphatic rings. The monoisotopic (exact) mass is 433 g/mol. The molecule has 0 radical (unpaired) electrons. The number of carbonyl (C=O) groups excluding carboxylic acids is 1. The fourth-order valence-corrected chi connectivity index (χ4v) is 4.09. The maximum Gasteiger partial charge on any atom is 0.304 e. The largest absolute Gasteiger partial charge is 0.467 e. The number of nitrogens with two attached hydrogens (primary N) is 1. The maximum atomic E-state index is 13.5. The Hall–Kier alpha value is -2.39. The number of benzene rings is 2. The van der Waals surface area contributed by atoms with Crippen LogP contribution >= 0.6 is 11.6 Å². The van der Waals surface area contributed by atoms with Crippen molar-refractivity contribution in [1.82, 2.24) is 0 Å². The van der Waals surface area contributed by atoms with Crippen LogP contribution in [0.4, 0.5) is 4.39 Å². The number of hydrogen-bond donors (Lipinski definition) is 1. The highest BCUT2D eigenvalue weighted by Crippen LogP contribution is 2.38. The van der Waals surface area contributed by atoms with Crippen molar-refractivity contribution in [3.63, 3.8) is 0 Å². The van der Waals surface area contributed by atoms with Crippen LogP contribution in [0.15, 0.2) is 60.2 Å². The summed E-state index contributed by atoms with van der Waals surface area (Å²) in [6.07, 6.45) is 0.